The van der Waals surface area contributed by atoms with Crippen LogP contribution in [0.15, 0.2) is 42.5 Å². The van der Waals surface area contributed by atoms with Gasteiger partial charge in [0, 0.05) is 11.1 Å². The van der Waals surface area contributed by atoms with Gasteiger partial charge in [-0.3, -0.25) is 20.4 Å². The van der Waals surface area contributed by atoms with Crippen LogP contribution in [0.25, 0.3) is 6.08 Å². The van der Waals surface area contributed by atoms with Gasteiger partial charge in [-0.05, 0) is 42.0 Å². The normalized spacial score (nSPS) is 10.6. The number of hydrazine groups is 1. The Hall–Kier alpha value is -2.57. The first kappa shape index (κ1) is 18.8. The van der Waals surface area contributed by atoms with Crippen LogP contribution in [0.5, 0.6) is 5.75 Å². The largest absolute Gasteiger partial charge is 0.494 e. The van der Waals surface area contributed by atoms with Crippen molar-refractivity contribution in [1.82, 2.24) is 10.9 Å². The van der Waals surface area contributed by atoms with Gasteiger partial charge in [0.1, 0.15) is 0 Å². The van der Waals surface area contributed by atoms with E-state index in [0.717, 1.165) is 6.08 Å². The van der Waals surface area contributed by atoms with E-state index in [-0.39, 0.29) is 16.3 Å². The molecule has 2 rings (SSSR count). The third-order valence-electron chi connectivity index (χ3n) is 3.08. The lowest BCUT2D eigenvalue weighted by molar-refractivity contribution is -0.117. The van der Waals surface area contributed by atoms with E-state index >= 15 is 0 Å². The standard InChI is InChI=1S/C17H13Cl2FN2O3/c1-25-15-6-2-10(8-14(15)20)3-7-16(23)21-22-17(24)12-9-11(18)4-5-13(12)19/h2-9H,1H3,(H,21,23)(H,22,24)/b7-3+. The molecule has 0 fully saturated rings. The van der Waals surface area contributed by atoms with Crippen LogP contribution in [-0.4, -0.2) is 18.9 Å². The SMILES string of the molecule is COc1ccc(/C=C/C(=O)NNC(=O)c2cc(Cl)ccc2Cl)cc1F. The fraction of sp³-hybridized carbons (Fsp3) is 0.0588. The number of hydrogen-bond acceptors (Lipinski definition) is 3. The molecule has 0 aliphatic heterocycles. The predicted octanol–water partition coefficient (Wildman–Crippen LogP) is 3.62. The van der Waals surface area contributed by atoms with Crippen LogP contribution >= 0.6 is 23.2 Å². The Labute approximate surface area is 153 Å². The van der Waals surface area contributed by atoms with E-state index in [9.17, 15) is 14.0 Å². The van der Waals surface area contributed by atoms with Crippen molar-refractivity contribution in [2.24, 2.45) is 0 Å². The van der Waals surface area contributed by atoms with E-state index < -0.39 is 17.6 Å². The summed E-state index contributed by atoms with van der Waals surface area (Å²) < 4.78 is 18.4. The van der Waals surface area contributed by atoms with Gasteiger partial charge >= 0.3 is 0 Å². The second-order valence-corrected chi connectivity index (χ2v) is 5.64. The van der Waals surface area contributed by atoms with Crippen LogP contribution in [0, 0.1) is 5.82 Å². The van der Waals surface area contributed by atoms with Gasteiger partial charge in [-0.25, -0.2) is 4.39 Å². The summed E-state index contributed by atoms with van der Waals surface area (Å²) in [6.07, 6.45) is 2.53. The van der Waals surface area contributed by atoms with Crippen LogP contribution in [0.3, 0.4) is 0 Å². The molecule has 2 N–H and O–H groups in total. The second-order valence-electron chi connectivity index (χ2n) is 4.79. The molecule has 0 unspecified atom stereocenters. The molecular formula is C17H13Cl2FN2O3. The molecule has 0 aliphatic rings. The Morgan fingerprint density at radius 2 is 1.88 bits per heavy atom. The molecule has 0 spiro atoms. The molecule has 0 atom stereocenters. The summed E-state index contributed by atoms with van der Waals surface area (Å²) in [5.41, 5.74) is 4.97. The molecule has 25 heavy (non-hydrogen) atoms. The fourth-order valence-corrected chi connectivity index (χ4v) is 2.23. The number of ether oxygens (including phenoxy) is 1. The van der Waals surface area contributed by atoms with Crippen molar-refractivity contribution >= 4 is 41.1 Å². The van der Waals surface area contributed by atoms with Crippen molar-refractivity contribution < 1.29 is 18.7 Å². The highest BCUT2D eigenvalue weighted by atomic mass is 35.5. The number of halogens is 3. The average molecular weight is 383 g/mol. The lowest BCUT2D eigenvalue weighted by atomic mass is 10.2. The molecule has 2 amide bonds. The highest BCUT2D eigenvalue weighted by molar-refractivity contribution is 6.35. The van der Waals surface area contributed by atoms with E-state index in [1.165, 1.54) is 43.5 Å². The van der Waals surface area contributed by atoms with Gasteiger partial charge in [0.15, 0.2) is 11.6 Å². The molecule has 0 saturated heterocycles. The van der Waals surface area contributed by atoms with E-state index in [0.29, 0.717) is 10.6 Å². The van der Waals surface area contributed by atoms with Crippen LogP contribution in [0.1, 0.15) is 15.9 Å². The van der Waals surface area contributed by atoms with Crippen molar-refractivity contribution in [3.63, 3.8) is 0 Å². The van der Waals surface area contributed by atoms with Gasteiger partial charge in [-0.1, -0.05) is 29.3 Å². The monoisotopic (exact) mass is 382 g/mol. The molecule has 0 aliphatic carbocycles. The number of amides is 2. The van der Waals surface area contributed by atoms with Crippen molar-refractivity contribution in [2.45, 2.75) is 0 Å². The molecule has 8 heteroatoms. The van der Waals surface area contributed by atoms with Crippen LogP contribution in [0.4, 0.5) is 4.39 Å². The first-order valence-electron chi connectivity index (χ1n) is 6.97. The van der Waals surface area contributed by atoms with Gasteiger partial charge in [-0.2, -0.15) is 0 Å². The van der Waals surface area contributed by atoms with Gasteiger partial charge in [0.2, 0.25) is 0 Å². The number of nitrogens with one attached hydrogen (secondary N) is 2. The zero-order chi connectivity index (χ0) is 18.4. The zero-order valence-electron chi connectivity index (χ0n) is 13.0. The summed E-state index contributed by atoms with van der Waals surface area (Å²) in [4.78, 5) is 23.7. The predicted molar refractivity (Wildman–Crippen MR) is 94.1 cm³/mol. The van der Waals surface area contributed by atoms with E-state index in [2.05, 4.69) is 10.9 Å². The van der Waals surface area contributed by atoms with Crippen molar-refractivity contribution in [1.29, 1.82) is 0 Å². The fourth-order valence-electron chi connectivity index (χ4n) is 1.86. The maximum atomic E-state index is 13.5. The summed E-state index contributed by atoms with van der Waals surface area (Å²) in [6, 6.07) is 8.62. The number of benzene rings is 2. The lowest BCUT2D eigenvalue weighted by Crippen LogP contribution is -2.40. The minimum absolute atomic E-state index is 0.104. The molecule has 2 aromatic carbocycles. The van der Waals surface area contributed by atoms with Crippen LogP contribution < -0.4 is 15.6 Å². The molecule has 0 radical (unpaired) electrons. The zero-order valence-corrected chi connectivity index (χ0v) is 14.5. The Morgan fingerprint density at radius 3 is 2.56 bits per heavy atom. The van der Waals surface area contributed by atoms with E-state index in [1.807, 2.05) is 0 Å². The third kappa shape index (κ3) is 5.20. The maximum absolute atomic E-state index is 13.5. The molecule has 0 bridgehead atoms. The van der Waals surface area contributed by atoms with Gasteiger partial charge < -0.3 is 4.74 Å². The Bertz CT molecular complexity index is 841. The smallest absolute Gasteiger partial charge is 0.271 e. The van der Waals surface area contributed by atoms with E-state index in [4.69, 9.17) is 27.9 Å². The lowest BCUT2D eigenvalue weighted by Gasteiger charge is -2.07. The number of carbonyl (C=O) groups is 2. The number of carbonyl (C=O) groups excluding carboxylic acids is 2. The van der Waals surface area contributed by atoms with Crippen molar-refractivity contribution in [3.05, 3.63) is 69.5 Å². The van der Waals surface area contributed by atoms with Crippen molar-refractivity contribution in [2.75, 3.05) is 7.11 Å². The average Bonchev–Trinajstić information content (AvgIpc) is 2.60. The molecule has 0 saturated carbocycles. The molecule has 0 aromatic heterocycles. The van der Waals surface area contributed by atoms with Gasteiger partial charge in [-0.15, -0.1) is 0 Å². The summed E-state index contributed by atoms with van der Waals surface area (Å²) in [6.45, 7) is 0. The maximum Gasteiger partial charge on any atom is 0.271 e. The second kappa shape index (κ2) is 8.50. The Morgan fingerprint density at radius 1 is 1.12 bits per heavy atom. The molecular weight excluding hydrogens is 370 g/mol. The number of hydrogen-bond donors (Lipinski definition) is 2. The third-order valence-corrected chi connectivity index (χ3v) is 3.64. The first-order valence-corrected chi connectivity index (χ1v) is 7.73. The molecule has 5 nitrogen and oxygen atoms in total. The summed E-state index contributed by atoms with van der Waals surface area (Å²) >= 11 is 11.7. The molecule has 130 valence electrons. The summed E-state index contributed by atoms with van der Waals surface area (Å²) in [5.74, 6) is -1.67. The minimum Gasteiger partial charge on any atom is -0.494 e. The quantitative estimate of drug-likeness (QED) is 0.626. The van der Waals surface area contributed by atoms with Crippen LogP contribution in [0.2, 0.25) is 10.0 Å². The van der Waals surface area contributed by atoms with Crippen molar-refractivity contribution in [3.8, 4) is 5.75 Å². The van der Waals surface area contributed by atoms with E-state index in [1.54, 1.807) is 6.07 Å². The topological polar surface area (TPSA) is 67.4 Å². The molecule has 0 heterocycles. The summed E-state index contributed by atoms with van der Waals surface area (Å²) in [7, 11) is 1.36. The number of rotatable bonds is 4. The minimum atomic E-state index is -0.621. The van der Waals surface area contributed by atoms with Gasteiger partial charge in [0.25, 0.3) is 11.8 Å². The van der Waals surface area contributed by atoms with Crippen LogP contribution in [-0.2, 0) is 4.79 Å². The Kier molecular flexibility index (Phi) is 6.38. The Balaban J connectivity index is 1.95. The highest BCUT2D eigenvalue weighted by Gasteiger charge is 2.11. The van der Waals surface area contributed by atoms with Gasteiger partial charge in [0.05, 0.1) is 17.7 Å². The highest BCUT2D eigenvalue weighted by Crippen LogP contribution is 2.20. The first-order chi connectivity index (χ1) is 11.9. The number of methoxy groups -OCH3 is 1. The summed E-state index contributed by atoms with van der Waals surface area (Å²) in [5, 5.41) is 0.530. The molecule has 2 aromatic rings.